The Bertz CT molecular complexity index is 1430. The highest BCUT2D eigenvalue weighted by Crippen LogP contribution is 2.19. The molecule has 5 aliphatic rings. The molecule has 0 spiro atoms. The van der Waals surface area contributed by atoms with Crippen LogP contribution in [0.5, 0.6) is 0 Å². The lowest BCUT2D eigenvalue weighted by atomic mass is 10.2. The fraction of sp³-hybridized carbons (Fsp3) is 0.647. The van der Waals surface area contributed by atoms with E-state index in [1.807, 2.05) is 12.1 Å². The van der Waals surface area contributed by atoms with E-state index >= 15 is 0 Å². The van der Waals surface area contributed by atoms with Crippen molar-refractivity contribution in [2.24, 2.45) is 5.73 Å². The van der Waals surface area contributed by atoms with Crippen molar-refractivity contribution in [2.75, 3.05) is 39.8 Å². The van der Waals surface area contributed by atoms with E-state index in [2.05, 4.69) is 22.2 Å². The number of aliphatic hydroxyl groups is 1. The van der Waals surface area contributed by atoms with E-state index in [-0.39, 0.29) is 48.2 Å². The molecular weight excluding hydrogens is 676 g/mol. The monoisotopic (exact) mass is 722 g/mol. The molecule has 0 aliphatic carbocycles. The number of hydrogen-bond donors (Lipinski definition) is 3. The number of nitrogens with two attached hydrogens (primary N) is 1. The summed E-state index contributed by atoms with van der Waals surface area (Å²) < 4.78 is 4.47. The zero-order valence-electron chi connectivity index (χ0n) is 29.3. The predicted octanol–water partition coefficient (Wildman–Crippen LogP) is -1.04. The zero-order chi connectivity index (χ0) is 38.6. The van der Waals surface area contributed by atoms with Crippen LogP contribution in [0.1, 0.15) is 64.2 Å². The van der Waals surface area contributed by atoms with Gasteiger partial charge in [-0.2, -0.15) is 21.0 Å². The minimum absolute atomic E-state index is 0.0463. The first kappa shape index (κ1) is 42.8. The number of likely N-dealkylation sites (tertiary alicyclic amines) is 4. The van der Waals surface area contributed by atoms with Gasteiger partial charge < -0.3 is 40.5 Å². The quantitative estimate of drug-likeness (QED) is 0.128. The molecule has 5 rings (SSSR count). The third-order valence-corrected chi connectivity index (χ3v) is 9.05. The van der Waals surface area contributed by atoms with Gasteiger partial charge in [-0.25, -0.2) is 0 Å². The van der Waals surface area contributed by atoms with Gasteiger partial charge in [-0.1, -0.05) is 0 Å². The van der Waals surface area contributed by atoms with Crippen LogP contribution in [0.2, 0.25) is 0 Å². The van der Waals surface area contributed by atoms with Crippen LogP contribution >= 0.6 is 0 Å². The van der Waals surface area contributed by atoms with Crippen molar-refractivity contribution < 1.29 is 38.6 Å². The van der Waals surface area contributed by atoms with E-state index in [1.54, 1.807) is 0 Å². The van der Waals surface area contributed by atoms with Gasteiger partial charge in [-0.3, -0.25) is 28.8 Å². The van der Waals surface area contributed by atoms with Gasteiger partial charge in [0.15, 0.2) is 0 Å². The maximum atomic E-state index is 11.9. The smallest absolute Gasteiger partial charge is 0.287 e. The maximum Gasteiger partial charge on any atom is 0.287 e. The minimum atomic E-state index is -1.44. The molecule has 0 aromatic carbocycles. The summed E-state index contributed by atoms with van der Waals surface area (Å²) in [5.74, 6) is -1.94. The number of rotatable bonds is 6. The normalized spacial score (nSPS) is 25.1. The van der Waals surface area contributed by atoms with Crippen molar-refractivity contribution in [3.8, 4) is 24.3 Å². The highest BCUT2D eigenvalue weighted by molar-refractivity contribution is 6.23. The van der Waals surface area contributed by atoms with E-state index in [9.17, 15) is 28.8 Å². The largest absolute Gasteiger partial charge is 0.368 e. The molecule has 5 amide bonds. The molecule has 5 heterocycles. The summed E-state index contributed by atoms with van der Waals surface area (Å²) in [5, 5.41) is 47.1. The molecule has 18 nitrogen and oxygen atoms in total. The Hall–Kier alpha value is -5.40. The Kier molecular flexibility index (Phi) is 18.4. The number of hydrogen-bond acceptors (Lipinski definition) is 13. The molecule has 4 N–H and O–H groups in total. The molecule has 5 fully saturated rings. The lowest BCUT2D eigenvalue weighted by Gasteiger charge is -2.21. The molecule has 5 unspecified atom stereocenters. The van der Waals surface area contributed by atoms with Crippen molar-refractivity contribution in [1.82, 2.24) is 24.9 Å². The van der Waals surface area contributed by atoms with Crippen molar-refractivity contribution >= 4 is 35.8 Å². The Morgan fingerprint density at radius 3 is 1.38 bits per heavy atom. The van der Waals surface area contributed by atoms with Gasteiger partial charge >= 0.3 is 0 Å². The third-order valence-electron chi connectivity index (χ3n) is 9.05. The molecule has 0 aromatic heterocycles. The Morgan fingerprint density at radius 1 is 0.692 bits per heavy atom. The SMILES string of the molecule is COC(O)C(=O)N1CCCC1C#N.N#CC1CCCN1C(=O)/C=C/C(=O)N1CCCC1C#N.N#CC1CCCN1C(=O)C=O.NC(=O)[C@@H]1CCCN1. The van der Waals surface area contributed by atoms with Crippen LogP contribution in [0.3, 0.4) is 0 Å². The summed E-state index contributed by atoms with van der Waals surface area (Å²) in [6.45, 7) is 3.11. The van der Waals surface area contributed by atoms with Crippen LogP contribution in [0.15, 0.2) is 12.2 Å². The van der Waals surface area contributed by atoms with Crippen LogP contribution in [-0.4, -0.2) is 137 Å². The third kappa shape index (κ3) is 12.4. The fourth-order valence-electron chi connectivity index (χ4n) is 6.23. The number of methoxy groups -OCH3 is 1. The van der Waals surface area contributed by atoms with Crippen molar-refractivity contribution in [3.63, 3.8) is 0 Å². The molecular formula is C34H46N10O8. The predicted molar refractivity (Wildman–Crippen MR) is 180 cm³/mol. The number of nitrogens with zero attached hydrogens (tertiary/aromatic N) is 8. The second-order valence-corrected chi connectivity index (χ2v) is 12.4. The Labute approximate surface area is 302 Å². The molecule has 280 valence electrons. The Balaban J connectivity index is 0.000000254. The molecule has 0 aromatic rings. The summed E-state index contributed by atoms with van der Waals surface area (Å²) >= 11 is 0. The van der Waals surface area contributed by atoms with E-state index in [0.717, 1.165) is 45.1 Å². The number of nitrogens with one attached hydrogen (secondary N) is 1. The topological polar surface area (TPSA) is 278 Å². The highest BCUT2D eigenvalue weighted by atomic mass is 16.6. The minimum Gasteiger partial charge on any atom is -0.368 e. The summed E-state index contributed by atoms with van der Waals surface area (Å²) in [4.78, 5) is 72.1. The molecule has 0 saturated carbocycles. The van der Waals surface area contributed by atoms with Gasteiger partial charge in [-0.15, -0.1) is 0 Å². The average Bonchev–Trinajstić information content (AvgIpc) is 4.02. The van der Waals surface area contributed by atoms with E-state index in [0.29, 0.717) is 51.9 Å². The summed E-state index contributed by atoms with van der Waals surface area (Å²) in [5.41, 5.74) is 5.00. The van der Waals surface area contributed by atoms with Gasteiger partial charge in [0.25, 0.3) is 11.8 Å². The number of primary amides is 1. The van der Waals surface area contributed by atoms with Crippen LogP contribution in [0.25, 0.3) is 0 Å². The second-order valence-electron chi connectivity index (χ2n) is 12.4. The van der Waals surface area contributed by atoms with Crippen LogP contribution in [-0.2, 0) is 33.5 Å². The number of ether oxygens (including phenoxy) is 1. The van der Waals surface area contributed by atoms with Crippen molar-refractivity contribution in [2.45, 2.75) is 101 Å². The molecule has 5 aliphatic heterocycles. The van der Waals surface area contributed by atoms with Gasteiger partial charge in [0, 0.05) is 45.4 Å². The van der Waals surface area contributed by atoms with Crippen LogP contribution < -0.4 is 11.1 Å². The lowest BCUT2D eigenvalue weighted by Crippen LogP contribution is -2.42. The molecule has 6 atom stereocenters. The summed E-state index contributed by atoms with van der Waals surface area (Å²) in [7, 11) is 1.25. The van der Waals surface area contributed by atoms with E-state index in [1.165, 1.54) is 38.9 Å². The van der Waals surface area contributed by atoms with E-state index in [4.69, 9.17) is 31.9 Å². The first-order valence-electron chi connectivity index (χ1n) is 17.1. The van der Waals surface area contributed by atoms with Gasteiger partial charge in [-0.05, 0) is 70.8 Å². The molecule has 18 heteroatoms. The number of amides is 5. The number of aliphatic hydroxyl groups excluding tert-OH is 1. The number of nitriles is 4. The molecule has 0 bridgehead atoms. The van der Waals surface area contributed by atoms with Gasteiger partial charge in [0.2, 0.25) is 30.3 Å². The first-order chi connectivity index (χ1) is 25.0. The first-order valence-corrected chi connectivity index (χ1v) is 17.1. The molecule has 0 radical (unpaired) electrons. The van der Waals surface area contributed by atoms with E-state index < -0.39 is 24.1 Å². The summed E-state index contributed by atoms with van der Waals surface area (Å²) in [6.07, 6.45) is 9.23. The van der Waals surface area contributed by atoms with Crippen molar-refractivity contribution in [1.29, 1.82) is 21.0 Å². The zero-order valence-corrected chi connectivity index (χ0v) is 29.3. The van der Waals surface area contributed by atoms with Crippen molar-refractivity contribution in [3.05, 3.63) is 12.2 Å². The highest BCUT2D eigenvalue weighted by Gasteiger charge is 2.33. The molecule has 52 heavy (non-hydrogen) atoms. The Morgan fingerprint density at radius 2 is 1.08 bits per heavy atom. The van der Waals surface area contributed by atoms with Crippen LogP contribution in [0, 0.1) is 45.3 Å². The fourth-order valence-corrected chi connectivity index (χ4v) is 6.23. The summed E-state index contributed by atoms with van der Waals surface area (Å²) in [6, 6.07) is 6.55. The number of aldehydes is 1. The second kappa shape index (κ2) is 22.4. The number of carbonyl (C=O) groups is 6. The van der Waals surface area contributed by atoms with Gasteiger partial charge in [0.1, 0.15) is 24.2 Å². The maximum absolute atomic E-state index is 11.9. The lowest BCUT2D eigenvalue weighted by molar-refractivity contribution is -0.164. The number of carbonyl (C=O) groups excluding carboxylic acids is 6. The van der Waals surface area contributed by atoms with Gasteiger partial charge in [0.05, 0.1) is 30.3 Å². The average molecular weight is 723 g/mol. The standard InChI is InChI=1S/C14H16N4O2.C8H12N2O3.C7H8N2O2.C5H10N2O/c15-9-11-3-1-7-17(11)13(19)5-6-14(20)18-8-2-4-12(18)10-16;1-13-8(12)7(11)10-4-2-3-6(10)5-9;8-4-6-2-1-3-9(6)7(11)5-10;6-5(8)4-2-1-3-7-4/h5-6,11-12H,1-4,7-8H2;6,8,12H,2-4H2,1H3;5-6H,1-3H2;4,7H,1-3H2,(H2,6,8)/b6-5+;;;/t;;;4-/m...0/s1. The molecule has 5 saturated heterocycles. The van der Waals surface area contributed by atoms with Crippen LogP contribution in [0.4, 0.5) is 0 Å².